The molecule has 1 aliphatic rings. The van der Waals surface area contributed by atoms with E-state index in [0.29, 0.717) is 11.7 Å². The number of piperidine rings is 1. The van der Waals surface area contributed by atoms with Crippen LogP contribution < -0.4 is 0 Å². The topological polar surface area (TPSA) is 49.0 Å². The number of carbonyl (C=O) groups excluding carboxylic acids is 1. The van der Waals surface area contributed by atoms with Crippen LogP contribution in [0.3, 0.4) is 0 Å². The number of rotatable bonds is 2. The average molecular weight is 272 g/mol. The second-order valence-corrected chi connectivity index (χ2v) is 4.42. The minimum Gasteiger partial charge on any atom is -0.334 e. The van der Waals surface area contributed by atoms with Crippen LogP contribution in [-0.2, 0) is 0 Å². The van der Waals surface area contributed by atoms with E-state index in [1.165, 1.54) is 6.42 Å². The molecule has 1 amide bonds. The minimum atomic E-state index is 0.0663. The lowest BCUT2D eigenvalue weighted by atomic mass is 10.0. The molecule has 0 aliphatic carbocycles. The largest absolute Gasteiger partial charge is 0.334 e. The Labute approximate surface area is 97.2 Å². The van der Waals surface area contributed by atoms with Crippen molar-refractivity contribution < 1.29 is 4.79 Å². The lowest BCUT2D eigenvalue weighted by Gasteiger charge is -2.34. The quantitative estimate of drug-likeness (QED) is 0.834. The molecule has 1 unspecified atom stereocenters. The Morgan fingerprint density at radius 3 is 3.20 bits per heavy atom. The van der Waals surface area contributed by atoms with Crippen molar-refractivity contribution in [3.63, 3.8) is 0 Å². The summed E-state index contributed by atoms with van der Waals surface area (Å²) in [5.74, 6) is 0.0663. The van der Waals surface area contributed by atoms with Crippen LogP contribution in [0.25, 0.3) is 0 Å². The van der Waals surface area contributed by atoms with E-state index in [2.05, 4.69) is 26.1 Å². The fourth-order valence-electron chi connectivity index (χ4n) is 1.96. The summed E-state index contributed by atoms with van der Waals surface area (Å²) in [7, 11) is 0. The molecule has 2 rings (SSSR count). The fraction of sp³-hybridized carbons (Fsp3) is 0.600. The molecule has 4 nitrogen and oxygen atoms in total. The Morgan fingerprint density at radius 2 is 2.53 bits per heavy atom. The van der Waals surface area contributed by atoms with Crippen LogP contribution in [-0.4, -0.2) is 38.9 Å². The Balaban J connectivity index is 2.11. The van der Waals surface area contributed by atoms with Crippen molar-refractivity contribution in [1.82, 2.24) is 15.1 Å². The van der Waals surface area contributed by atoms with Crippen LogP contribution >= 0.6 is 15.9 Å². The highest BCUT2D eigenvalue weighted by Gasteiger charge is 2.27. The highest BCUT2D eigenvalue weighted by Crippen LogP contribution is 2.20. The molecule has 1 aromatic heterocycles. The van der Waals surface area contributed by atoms with Gasteiger partial charge in [0.1, 0.15) is 5.69 Å². The molecule has 0 bridgehead atoms. The van der Waals surface area contributed by atoms with E-state index in [-0.39, 0.29) is 5.91 Å². The van der Waals surface area contributed by atoms with Crippen molar-refractivity contribution in [3.8, 4) is 0 Å². The van der Waals surface area contributed by atoms with Gasteiger partial charge in [0.25, 0.3) is 5.91 Å². The molecule has 1 aliphatic heterocycles. The van der Waals surface area contributed by atoms with Gasteiger partial charge in [0, 0.05) is 24.1 Å². The zero-order chi connectivity index (χ0) is 10.7. The number of nitrogens with zero attached hydrogens (tertiary/aromatic N) is 2. The Hall–Kier alpha value is -0.840. The van der Waals surface area contributed by atoms with E-state index in [4.69, 9.17) is 0 Å². The second-order valence-electron chi connectivity index (χ2n) is 3.77. The Kier molecular flexibility index (Phi) is 3.41. The van der Waals surface area contributed by atoms with Gasteiger partial charge in [-0.15, -0.1) is 0 Å². The van der Waals surface area contributed by atoms with Crippen molar-refractivity contribution >= 4 is 21.8 Å². The number of alkyl halides is 1. The first-order valence-electron chi connectivity index (χ1n) is 5.19. The summed E-state index contributed by atoms with van der Waals surface area (Å²) in [6.07, 6.45) is 5.01. The number of carbonyl (C=O) groups is 1. The minimum absolute atomic E-state index is 0.0663. The van der Waals surface area contributed by atoms with Crippen molar-refractivity contribution in [3.05, 3.63) is 18.0 Å². The third-order valence-electron chi connectivity index (χ3n) is 2.80. The first-order chi connectivity index (χ1) is 7.33. The zero-order valence-corrected chi connectivity index (χ0v) is 10.0. The molecule has 1 atom stereocenters. The van der Waals surface area contributed by atoms with Gasteiger partial charge in [-0.3, -0.25) is 9.89 Å². The van der Waals surface area contributed by atoms with E-state index in [0.717, 1.165) is 24.7 Å². The highest BCUT2D eigenvalue weighted by molar-refractivity contribution is 9.09. The summed E-state index contributed by atoms with van der Waals surface area (Å²) >= 11 is 3.46. The summed E-state index contributed by atoms with van der Waals surface area (Å²) in [4.78, 5) is 14.0. The number of likely N-dealkylation sites (tertiary alicyclic amines) is 1. The number of H-pyrrole nitrogens is 1. The molecular formula is C10H14BrN3O. The van der Waals surface area contributed by atoms with Crippen molar-refractivity contribution in [1.29, 1.82) is 0 Å². The first kappa shape index (κ1) is 10.7. The van der Waals surface area contributed by atoms with Crippen LogP contribution in [0.1, 0.15) is 29.8 Å². The first-order valence-corrected chi connectivity index (χ1v) is 6.31. The summed E-state index contributed by atoms with van der Waals surface area (Å²) in [5.41, 5.74) is 0.586. The van der Waals surface area contributed by atoms with Gasteiger partial charge in [0.2, 0.25) is 0 Å². The molecular weight excluding hydrogens is 258 g/mol. The molecule has 5 heteroatoms. The molecule has 1 N–H and O–H groups in total. The molecule has 1 saturated heterocycles. The number of amides is 1. The van der Waals surface area contributed by atoms with Crippen molar-refractivity contribution in [2.24, 2.45) is 0 Å². The molecule has 82 valence electrons. The summed E-state index contributed by atoms with van der Waals surface area (Å²) < 4.78 is 0. The van der Waals surface area contributed by atoms with Crippen molar-refractivity contribution in [2.45, 2.75) is 25.3 Å². The van der Waals surface area contributed by atoms with Crippen LogP contribution in [0, 0.1) is 0 Å². The second kappa shape index (κ2) is 4.79. The number of aromatic amines is 1. The Bertz CT molecular complexity index is 325. The standard InChI is InChI=1S/C10H14BrN3O/c11-7-8-3-1-2-6-14(8)10(15)9-4-5-12-13-9/h4-5,8H,1-3,6-7H2,(H,12,13). The van der Waals surface area contributed by atoms with E-state index in [1.807, 2.05) is 4.90 Å². The van der Waals surface area contributed by atoms with Crippen LogP contribution in [0.15, 0.2) is 12.3 Å². The van der Waals surface area contributed by atoms with Crippen LogP contribution in [0.5, 0.6) is 0 Å². The molecule has 1 aromatic rings. The van der Waals surface area contributed by atoms with Gasteiger partial charge in [0.05, 0.1) is 0 Å². The molecule has 0 spiro atoms. The lowest BCUT2D eigenvalue weighted by Crippen LogP contribution is -2.44. The molecule has 1 fully saturated rings. The Morgan fingerprint density at radius 1 is 1.67 bits per heavy atom. The molecule has 0 saturated carbocycles. The number of hydrogen-bond acceptors (Lipinski definition) is 2. The summed E-state index contributed by atoms with van der Waals surface area (Å²) in [6.45, 7) is 0.855. The molecule has 0 aromatic carbocycles. The van der Waals surface area contributed by atoms with E-state index < -0.39 is 0 Å². The van der Waals surface area contributed by atoms with Gasteiger partial charge < -0.3 is 4.90 Å². The van der Waals surface area contributed by atoms with E-state index in [1.54, 1.807) is 12.3 Å². The van der Waals surface area contributed by atoms with Crippen molar-refractivity contribution in [2.75, 3.05) is 11.9 Å². The van der Waals surface area contributed by atoms with E-state index in [9.17, 15) is 4.79 Å². The third kappa shape index (κ3) is 2.22. The number of aromatic nitrogens is 2. The van der Waals surface area contributed by atoms with Crippen LogP contribution in [0.2, 0.25) is 0 Å². The summed E-state index contributed by atoms with van der Waals surface area (Å²) in [6, 6.07) is 2.05. The number of halogens is 1. The maximum atomic E-state index is 12.1. The maximum Gasteiger partial charge on any atom is 0.272 e. The smallest absolute Gasteiger partial charge is 0.272 e. The third-order valence-corrected chi connectivity index (χ3v) is 3.54. The van der Waals surface area contributed by atoms with Gasteiger partial charge >= 0.3 is 0 Å². The normalized spacial score (nSPS) is 21.7. The van der Waals surface area contributed by atoms with Gasteiger partial charge in [0.15, 0.2) is 0 Å². The summed E-state index contributed by atoms with van der Waals surface area (Å²) in [5, 5.41) is 7.38. The highest BCUT2D eigenvalue weighted by atomic mass is 79.9. The van der Waals surface area contributed by atoms with Gasteiger partial charge in [-0.05, 0) is 25.3 Å². The lowest BCUT2D eigenvalue weighted by molar-refractivity contribution is 0.0636. The number of hydrogen-bond donors (Lipinski definition) is 1. The maximum absolute atomic E-state index is 12.1. The monoisotopic (exact) mass is 271 g/mol. The van der Waals surface area contributed by atoms with Gasteiger partial charge in [-0.25, -0.2) is 0 Å². The predicted octanol–water partition coefficient (Wildman–Crippen LogP) is 1.80. The number of nitrogens with one attached hydrogen (secondary N) is 1. The fourth-order valence-corrected chi connectivity index (χ4v) is 2.63. The predicted molar refractivity (Wildman–Crippen MR) is 61.1 cm³/mol. The van der Waals surface area contributed by atoms with Gasteiger partial charge in [-0.2, -0.15) is 5.10 Å². The zero-order valence-electron chi connectivity index (χ0n) is 8.45. The van der Waals surface area contributed by atoms with E-state index >= 15 is 0 Å². The molecule has 2 heterocycles. The van der Waals surface area contributed by atoms with Crippen LogP contribution in [0.4, 0.5) is 0 Å². The van der Waals surface area contributed by atoms with Gasteiger partial charge in [-0.1, -0.05) is 15.9 Å². The average Bonchev–Trinajstić information content (AvgIpc) is 2.81. The molecule has 15 heavy (non-hydrogen) atoms. The molecule has 0 radical (unpaired) electrons. The SMILES string of the molecule is O=C(c1ccn[nH]1)N1CCCCC1CBr.